The van der Waals surface area contributed by atoms with Gasteiger partial charge in [-0.05, 0) is 43.9 Å². The fourth-order valence-corrected chi connectivity index (χ4v) is 2.03. The SMILES string of the molecule is CCCNC(CC1CC1)c1ccc(C)nc1. The fraction of sp³-hybridized carbons (Fsp3) is 0.643. The molecule has 0 aromatic carbocycles. The molecule has 1 atom stereocenters. The van der Waals surface area contributed by atoms with Crippen molar-refractivity contribution in [3.8, 4) is 0 Å². The number of pyridine rings is 1. The van der Waals surface area contributed by atoms with Gasteiger partial charge in [-0.1, -0.05) is 25.8 Å². The molecule has 1 N–H and O–H groups in total. The van der Waals surface area contributed by atoms with Gasteiger partial charge in [-0.3, -0.25) is 4.98 Å². The Bertz CT molecular complexity index is 314. The molecular weight excluding hydrogens is 196 g/mol. The number of nitrogens with zero attached hydrogens (tertiary/aromatic N) is 1. The monoisotopic (exact) mass is 218 g/mol. The van der Waals surface area contributed by atoms with Crippen molar-refractivity contribution in [2.75, 3.05) is 6.54 Å². The molecule has 16 heavy (non-hydrogen) atoms. The van der Waals surface area contributed by atoms with Crippen molar-refractivity contribution >= 4 is 0 Å². The van der Waals surface area contributed by atoms with Crippen LogP contribution < -0.4 is 5.32 Å². The molecule has 1 aliphatic rings. The van der Waals surface area contributed by atoms with Gasteiger partial charge in [-0.15, -0.1) is 0 Å². The first kappa shape index (κ1) is 11.6. The molecule has 1 fully saturated rings. The number of hydrogen-bond donors (Lipinski definition) is 1. The van der Waals surface area contributed by atoms with E-state index in [-0.39, 0.29) is 0 Å². The van der Waals surface area contributed by atoms with Crippen LogP contribution in [0.4, 0.5) is 0 Å². The van der Waals surface area contributed by atoms with Crippen LogP contribution in [0.25, 0.3) is 0 Å². The molecule has 0 saturated heterocycles. The van der Waals surface area contributed by atoms with E-state index in [9.17, 15) is 0 Å². The lowest BCUT2D eigenvalue weighted by atomic mass is 10.0. The maximum absolute atomic E-state index is 4.40. The molecule has 1 aromatic rings. The van der Waals surface area contributed by atoms with Crippen LogP contribution in [0.2, 0.25) is 0 Å². The van der Waals surface area contributed by atoms with Crippen molar-refractivity contribution in [2.24, 2.45) is 5.92 Å². The third kappa shape index (κ3) is 3.31. The summed E-state index contributed by atoms with van der Waals surface area (Å²) in [5.74, 6) is 0.954. The van der Waals surface area contributed by atoms with Crippen LogP contribution in [-0.4, -0.2) is 11.5 Å². The quantitative estimate of drug-likeness (QED) is 0.793. The predicted octanol–water partition coefficient (Wildman–Crippen LogP) is 3.23. The Hall–Kier alpha value is -0.890. The summed E-state index contributed by atoms with van der Waals surface area (Å²) in [5.41, 5.74) is 2.45. The Labute approximate surface area is 98.5 Å². The summed E-state index contributed by atoms with van der Waals surface area (Å²) in [6.07, 6.45) is 7.35. The van der Waals surface area contributed by atoms with E-state index in [2.05, 4.69) is 29.4 Å². The summed E-state index contributed by atoms with van der Waals surface area (Å²) in [7, 11) is 0. The molecule has 0 bridgehead atoms. The fourth-order valence-electron chi connectivity index (χ4n) is 2.03. The summed E-state index contributed by atoms with van der Waals surface area (Å²) in [4.78, 5) is 4.40. The molecule has 1 heterocycles. The number of nitrogens with one attached hydrogen (secondary N) is 1. The summed E-state index contributed by atoms with van der Waals surface area (Å²) in [6, 6.07) is 4.85. The maximum atomic E-state index is 4.40. The van der Waals surface area contributed by atoms with E-state index in [1.807, 2.05) is 13.1 Å². The number of aromatic nitrogens is 1. The highest BCUT2D eigenvalue weighted by Gasteiger charge is 2.25. The van der Waals surface area contributed by atoms with Crippen molar-refractivity contribution in [2.45, 2.75) is 45.6 Å². The molecule has 1 unspecified atom stereocenters. The zero-order chi connectivity index (χ0) is 11.4. The normalized spacial score (nSPS) is 17.4. The van der Waals surface area contributed by atoms with Gasteiger partial charge in [0.05, 0.1) is 0 Å². The Balaban J connectivity index is 2.00. The van der Waals surface area contributed by atoms with E-state index in [1.165, 1.54) is 31.2 Å². The van der Waals surface area contributed by atoms with E-state index in [4.69, 9.17) is 0 Å². The summed E-state index contributed by atoms with van der Waals surface area (Å²) < 4.78 is 0. The third-order valence-corrected chi connectivity index (χ3v) is 3.24. The van der Waals surface area contributed by atoms with Gasteiger partial charge in [-0.25, -0.2) is 0 Å². The number of rotatable bonds is 6. The molecule has 1 aliphatic carbocycles. The van der Waals surface area contributed by atoms with Crippen molar-refractivity contribution in [3.05, 3.63) is 29.6 Å². The zero-order valence-corrected chi connectivity index (χ0v) is 10.4. The Morgan fingerprint density at radius 2 is 2.25 bits per heavy atom. The summed E-state index contributed by atoms with van der Waals surface area (Å²) in [5, 5.41) is 3.64. The van der Waals surface area contributed by atoms with Gasteiger partial charge < -0.3 is 5.32 Å². The van der Waals surface area contributed by atoms with E-state index >= 15 is 0 Å². The molecule has 2 rings (SSSR count). The highest BCUT2D eigenvalue weighted by Crippen LogP contribution is 2.37. The molecule has 2 heteroatoms. The van der Waals surface area contributed by atoms with Gasteiger partial charge in [0.25, 0.3) is 0 Å². The molecule has 0 amide bonds. The van der Waals surface area contributed by atoms with Crippen molar-refractivity contribution < 1.29 is 0 Å². The molecule has 1 saturated carbocycles. The molecule has 88 valence electrons. The van der Waals surface area contributed by atoms with Crippen molar-refractivity contribution in [1.29, 1.82) is 0 Å². The first-order valence-electron chi connectivity index (χ1n) is 6.45. The van der Waals surface area contributed by atoms with Gasteiger partial charge >= 0.3 is 0 Å². The Morgan fingerprint density at radius 1 is 1.44 bits per heavy atom. The second-order valence-corrected chi connectivity index (χ2v) is 4.92. The van der Waals surface area contributed by atoms with Gasteiger partial charge in [0.2, 0.25) is 0 Å². The smallest absolute Gasteiger partial charge is 0.0372 e. The van der Waals surface area contributed by atoms with Crippen molar-refractivity contribution in [3.63, 3.8) is 0 Å². The molecule has 2 nitrogen and oxygen atoms in total. The minimum atomic E-state index is 0.514. The molecule has 0 spiro atoms. The number of hydrogen-bond acceptors (Lipinski definition) is 2. The highest BCUT2D eigenvalue weighted by molar-refractivity contribution is 5.17. The van der Waals surface area contributed by atoms with Gasteiger partial charge in [0.1, 0.15) is 0 Å². The topological polar surface area (TPSA) is 24.9 Å². The molecule has 0 radical (unpaired) electrons. The maximum Gasteiger partial charge on any atom is 0.0372 e. The van der Waals surface area contributed by atoms with Gasteiger partial charge in [0, 0.05) is 17.9 Å². The first-order valence-corrected chi connectivity index (χ1v) is 6.45. The van der Waals surface area contributed by atoms with Crippen LogP contribution >= 0.6 is 0 Å². The molecule has 1 aromatic heterocycles. The van der Waals surface area contributed by atoms with Gasteiger partial charge in [-0.2, -0.15) is 0 Å². The minimum Gasteiger partial charge on any atom is -0.310 e. The average Bonchev–Trinajstić information content (AvgIpc) is 3.09. The van der Waals surface area contributed by atoms with E-state index in [0.717, 1.165) is 18.2 Å². The van der Waals surface area contributed by atoms with Crippen LogP contribution in [-0.2, 0) is 0 Å². The summed E-state index contributed by atoms with van der Waals surface area (Å²) in [6.45, 7) is 5.36. The average molecular weight is 218 g/mol. The first-order chi connectivity index (χ1) is 7.79. The van der Waals surface area contributed by atoms with Crippen LogP contribution in [0.5, 0.6) is 0 Å². The second kappa shape index (κ2) is 5.44. The largest absolute Gasteiger partial charge is 0.310 e. The van der Waals surface area contributed by atoms with Crippen LogP contribution in [0.1, 0.15) is 49.9 Å². The van der Waals surface area contributed by atoms with E-state index < -0.39 is 0 Å². The lowest BCUT2D eigenvalue weighted by molar-refractivity contribution is 0.473. The molecular formula is C14H22N2. The standard InChI is InChI=1S/C14H22N2/c1-3-8-15-14(9-12-5-6-12)13-7-4-11(2)16-10-13/h4,7,10,12,14-15H,3,5-6,8-9H2,1-2H3. The predicted molar refractivity (Wildman–Crippen MR) is 67.3 cm³/mol. The van der Waals surface area contributed by atoms with Crippen LogP contribution in [0.15, 0.2) is 18.3 Å². The van der Waals surface area contributed by atoms with Gasteiger partial charge in [0.15, 0.2) is 0 Å². The Morgan fingerprint density at radius 3 is 2.81 bits per heavy atom. The summed E-state index contributed by atoms with van der Waals surface area (Å²) >= 11 is 0. The van der Waals surface area contributed by atoms with E-state index in [1.54, 1.807) is 0 Å². The minimum absolute atomic E-state index is 0.514. The molecule has 0 aliphatic heterocycles. The lowest BCUT2D eigenvalue weighted by Gasteiger charge is -2.18. The third-order valence-electron chi connectivity index (χ3n) is 3.24. The Kier molecular flexibility index (Phi) is 3.94. The van der Waals surface area contributed by atoms with E-state index in [0.29, 0.717) is 6.04 Å². The second-order valence-electron chi connectivity index (χ2n) is 4.92. The van der Waals surface area contributed by atoms with Crippen LogP contribution in [0.3, 0.4) is 0 Å². The number of aryl methyl sites for hydroxylation is 1. The lowest BCUT2D eigenvalue weighted by Crippen LogP contribution is -2.22. The van der Waals surface area contributed by atoms with Crippen LogP contribution in [0, 0.1) is 12.8 Å². The zero-order valence-electron chi connectivity index (χ0n) is 10.4. The van der Waals surface area contributed by atoms with Crippen molar-refractivity contribution in [1.82, 2.24) is 10.3 Å². The highest BCUT2D eigenvalue weighted by atomic mass is 14.9.